The van der Waals surface area contributed by atoms with E-state index in [1.54, 1.807) is 6.07 Å². The summed E-state index contributed by atoms with van der Waals surface area (Å²) in [7, 11) is 0. The van der Waals surface area contributed by atoms with E-state index in [0.29, 0.717) is 29.6 Å². The molecule has 0 unspecified atom stereocenters. The Morgan fingerprint density at radius 1 is 1.00 bits per heavy atom. The fraction of sp³-hybridized carbons (Fsp3) is 0.185. The second-order valence-corrected chi connectivity index (χ2v) is 8.54. The van der Waals surface area contributed by atoms with Gasteiger partial charge in [-0.05, 0) is 67.3 Å². The number of aromatic nitrogens is 2. The van der Waals surface area contributed by atoms with Crippen molar-refractivity contribution in [2.75, 3.05) is 5.32 Å². The lowest BCUT2D eigenvalue weighted by Crippen LogP contribution is -2.13. The van der Waals surface area contributed by atoms with Crippen molar-refractivity contribution in [1.82, 2.24) is 9.78 Å². The van der Waals surface area contributed by atoms with E-state index in [1.807, 2.05) is 86.1 Å². The summed E-state index contributed by atoms with van der Waals surface area (Å²) in [5.41, 5.74) is 5.60. The summed E-state index contributed by atoms with van der Waals surface area (Å²) in [6.45, 7) is 6.93. The van der Waals surface area contributed by atoms with Crippen molar-refractivity contribution in [3.8, 4) is 5.75 Å². The minimum Gasteiger partial charge on any atom is -0.489 e. The highest BCUT2D eigenvalue weighted by molar-refractivity contribution is 6.31. The topological polar surface area (TPSA) is 56.1 Å². The highest BCUT2D eigenvalue weighted by Crippen LogP contribution is 2.21. The van der Waals surface area contributed by atoms with Crippen molar-refractivity contribution in [2.45, 2.75) is 33.9 Å². The third-order valence-corrected chi connectivity index (χ3v) is 5.80. The normalized spacial score (nSPS) is 10.8. The Morgan fingerprint density at radius 3 is 2.64 bits per heavy atom. The first kappa shape index (κ1) is 22.6. The molecule has 0 aliphatic rings. The lowest BCUT2D eigenvalue weighted by molar-refractivity contribution is 0.102. The van der Waals surface area contributed by atoms with Gasteiger partial charge in [-0.2, -0.15) is 5.10 Å². The van der Waals surface area contributed by atoms with Gasteiger partial charge in [0.15, 0.2) is 5.82 Å². The third-order valence-electron chi connectivity index (χ3n) is 5.43. The number of aryl methyl sites for hydroxylation is 3. The number of carbonyl (C=O) groups excluding carboxylic acids is 1. The number of hydrogen-bond acceptors (Lipinski definition) is 3. The SMILES string of the molecule is Cc1ccc(C)c(OCc2cccc(C(=O)Nc3cc(C)n(Cc4ccccc4Cl)n3)c2)c1. The molecule has 6 heteroatoms. The van der Waals surface area contributed by atoms with Gasteiger partial charge >= 0.3 is 0 Å². The number of carbonyl (C=O) groups is 1. The molecule has 4 aromatic rings. The maximum atomic E-state index is 12.9. The monoisotopic (exact) mass is 459 g/mol. The van der Waals surface area contributed by atoms with Crippen LogP contribution in [-0.4, -0.2) is 15.7 Å². The molecule has 0 aliphatic carbocycles. The second-order valence-electron chi connectivity index (χ2n) is 8.13. The fourth-order valence-electron chi connectivity index (χ4n) is 3.53. The van der Waals surface area contributed by atoms with Gasteiger partial charge in [-0.3, -0.25) is 9.48 Å². The van der Waals surface area contributed by atoms with Gasteiger partial charge in [0, 0.05) is 22.3 Å². The summed E-state index contributed by atoms with van der Waals surface area (Å²) in [5.74, 6) is 1.14. The molecule has 0 spiro atoms. The van der Waals surface area contributed by atoms with Crippen LogP contribution in [0.25, 0.3) is 0 Å². The zero-order chi connectivity index (χ0) is 23.4. The van der Waals surface area contributed by atoms with Crippen molar-refractivity contribution >= 4 is 23.3 Å². The summed E-state index contributed by atoms with van der Waals surface area (Å²) in [6.07, 6.45) is 0. The first-order valence-corrected chi connectivity index (χ1v) is 11.1. The molecule has 0 bridgehead atoms. The Labute approximate surface area is 199 Å². The van der Waals surface area contributed by atoms with Crippen molar-refractivity contribution in [3.05, 3.63) is 111 Å². The predicted molar refractivity (Wildman–Crippen MR) is 132 cm³/mol. The van der Waals surface area contributed by atoms with Crippen molar-refractivity contribution in [2.24, 2.45) is 0 Å². The maximum Gasteiger partial charge on any atom is 0.256 e. The number of nitrogens with zero attached hydrogens (tertiary/aromatic N) is 2. The Morgan fingerprint density at radius 2 is 1.82 bits per heavy atom. The number of ether oxygens (including phenoxy) is 1. The number of amides is 1. The Balaban J connectivity index is 1.43. The van der Waals surface area contributed by atoms with Crippen LogP contribution in [0.15, 0.2) is 72.8 Å². The predicted octanol–water partition coefficient (Wildman–Crippen LogP) is 6.34. The summed E-state index contributed by atoms with van der Waals surface area (Å²) in [5, 5.41) is 8.11. The molecule has 0 aliphatic heterocycles. The lowest BCUT2D eigenvalue weighted by atomic mass is 10.1. The molecule has 1 heterocycles. The molecule has 3 aromatic carbocycles. The van der Waals surface area contributed by atoms with Crippen LogP contribution in [0.4, 0.5) is 5.82 Å². The summed E-state index contributed by atoms with van der Waals surface area (Å²) < 4.78 is 7.81. The highest BCUT2D eigenvalue weighted by Gasteiger charge is 2.12. The van der Waals surface area contributed by atoms with Crippen molar-refractivity contribution in [3.63, 3.8) is 0 Å². The van der Waals surface area contributed by atoms with Crippen molar-refractivity contribution in [1.29, 1.82) is 0 Å². The Hall–Kier alpha value is -3.57. The van der Waals surface area contributed by atoms with Gasteiger partial charge < -0.3 is 10.1 Å². The lowest BCUT2D eigenvalue weighted by Gasteiger charge is -2.11. The molecule has 0 saturated heterocycles. The van der Waals surface area contributed by atoms with E-state index in [9.17, 15) is 4.79 Å². The third kappa shape index (κ3) is 5.62. The Bertz CT molecular complexity index is 1300. The number of nitrogens with one attached hydrogen (secondary N) is 1. The molecule has 4 rings (SSSR count). The van der Waals surface area contributed by atoms with Crippen LogP contribution < -0.4 is 10.1 Å². The summed E-state index contributed by atoms with van der Waals surface area (Å²) in [6, 6.07) is 23.1. The highest BCUT2D eigenvalue weighted by atomic mass is 35.5. The van der Waals surface area contributed by atoms with Crippen LogP contribution in [0.5, 0.6) is 5.75 Å². The summed E-state index contributed by atoms with van der Waals surface area (Å²) in [4.78, 5) is 12.9. The van der Waals surface area contributed by atoms with Crippen LogP contribution in [0.1, 0.15) is 38.3 Å². The van der Waals surface area contributed by atoms with Gasteiger partial charge in [0.25, 0.3) is 5.91 Å². The van der Waals surface area contributed by atoms with Crippen LogP contribution in [-0.2, 0) is 13.2 Å². The van der Waals surface area contributed by atoms with Gasteiger partial charge in [-0.15, -0.1) is 0 Å². The summed E-state index contributed by atoms with van der Waals surface area (Å²) >= 11 is 6.27. The molecule has 33 heavy (non-hydrogen) atoms. The first-order chi connectivity index (χ1) is 15.9. The van der Waals surface area contributed by atoms with E-state index in [-0.39, 0.29) is 5.91 Å². The zero-order valence-corrected chi connectivity index (χ0v) is 19.7. The van der Waals surface area contributed by atoms with Gasteiger partial charge in [-0.25, -0.2) is 0 Å². The van der Waals surface area contributed by atoms with E-state index in [4.69, 9.17) is 16.3 Å². The number of benzene rings is 3. The van der Waals surface area contributed by atoms with Crippen LogP contribution in [0.3, 0.4) is 0 Å². The average molecular weight is 460 g/mol. The number of anilines is 1. The zero-order valence-electron chi connectivity index (χ0n) is 18.9. The molecule has 1 N–H and O–H groups in total. The van der Waals surface area contributed by atoms with E-state index >= 15 is 0 Å². The molecule has 1 aromatic heterocycles. The van der Waals surface area contributed by atoms with Crippen LogP contribution in [0.2, 0.25) is 5.02 Å². The molecule has 0 fully saturated rings. The number of hydrogen-bond donors (Lipinski definition) is 1. The van der Waals surface area contributed by atoms with E-state index in [1.165, 1.54) is 0 Å². The van der Waals surface area contributed by atoms with Gasteiger partial charge in [0.2, 0.25) is 0 Å². The fourth-order valence-corrected chi connectivity index (χ4v) is 3.73. The molecule has 0 saturated carbocycles. The largest absolute Gasteiger partial charge is 0.489 e. The maximum absolute atomic E-state index is 12.9. The number of halogens is 1. The average Bonchev–Trinajstić information content (AvgIpc) is 3.14. The molecular formula is C27H26ClN3O2. The van der Waals surface area contributed by atoms with Gasteiger partial charge in [0.05, 0.1) is 6.54 Å². The molecule has 168 valence electrons. The van der Waals surface area contributed by atoms with E-state index in [0.717, 1.165) is 33.7 Å². The molecular weight excluding hydrogens is 434 g/mol. The molecule has 1 amide bonds. The van der Waals surface area contributed by atoms with Crippen molar-refractivity contribution < 1.29 is 9.53 Å². The second kappa shape index (κ2) is 9.92. The first-order valence-electron chi connectivity index (χ1n) is 10.8. The smallest absolute Gasteiger partial charge is 0.256 e. The number of rotatable bonds is 7. The van der Waals surface area contributed by atoms with Crippen LogP contribution >= 0.6 is 11.6 Å². The van der Waals surface area contributed by atoms with Crippen LogP contribution in [0, 0.1) is 20.8 Å². The van der Waals surface area contributed by atoms with Gasteiger partial charge in [-0.1, -0.05) is 54.1 Å². The molecule has 0 atom stereocenters. The van der Waals surface area contributed by atoms with Gasteiger partial charge in [0.1, 0.15) is 12.4 Å². The Kier molecular flexibility index (Phi) is 6.80. The van der Waals surface area contributed by atoms with E-state index < -0.39 is 0 Å². The quantitative estimate of drug-likeness (QED) is 0.350. The minimum atomic E-state index is -0.217. The van der Waals surface area contributed by atoms with E-state index in [2.05, 4.69) is 16.5 Å². The molecule has 0 radical (unpaired) electrons. The standard InChI is InChI=1S/C27H26ClN3O2/c1-18-11-12-19(2)25(13-18)33-17-21-7-6-9-22(15-21)27(32)29-26-14-20(3)31(30-26)16-23-8-4-5-10-24(23)28/h4-15H,16-17H2,1-3H3,(H,29,30,32). The minimum absolute atomic E-state index is 0.217. The molecule has 5 nitrogen and oxygen atoms in total.